The number of H-pyrrole nitrogens is 1. The van der Waals surface area contributed by atoms with Gasteiger partial charge in [-0.1, -0.05) is 12.1 Å². The molecule has 0 aliphatic carbocycles. The van der Waals surface area contributed by atoms with Gasteiger partial charge in [0.05, 0.1) is 16.9 Å². The van der Waals surface area contributed by atoms with Gasteiger partial charge in [-0.2, -0.15) is 0 Å². The van der Waals surface area contributed by atoms with Crippen molar-refractivity contribution in [1.29, 1.82) is 0 Å². The van der Waals surface area contributed by atoms with E-state index >= 15 is 0 Å². The van der Waals surface area contributed by atoms with Gasteiger partial charge in [0.2, 0.25) is 0 Å². The molecule has 140 valence electrons. The minimum absolute atomic E-state index is 0.0172. The number of nitrogens with zero attached hydrogens (tertiary/aromatic N) is 2. The number of benzene rings is 1. The van der Waals surface area contributed by atoms with Crippen LogP contribution in [0.15, 0.2) is 53.6 Å². The summed E-state index contributed by atoms with van der Waals surface area (Å²) in [6, 6.07) is 10.4. The highest BCUT2D eigenvalue weighted by Crippen LogP contribution is 2.28. The quantitative estimate of drug-likeness (QED) is 0.625. The number of aromatic nitrogens is 3. The first kappa shape index (κ1) is 17.4. The van der Waals surface area contributed by atoms with Gasteiger partial charge in [-0.05, 0) is 29.8 Å². The molecule has 28 heavy (non-hydrogen) atoms. The van der Waals surface area contributed by atoms with Crippen LogP contribution in [0.25, 0.3) is 11.3 Å². The van der Waals surface area contributed by atoms with Crippen molar-refractivity contribution >= 4 is 17.5 Å². The fourth-order valence-corrected chi connectivity index (χ4v) is 2.72. The van der Waals surface area contributed by atoms with Crippen LogP contribution in [0.4, 0.5) is 5.69 Å². The lowest BCUT2D eigenvalue weighted by Crippen LogP contribution is -2.28. The predicted molar refractivity (Wildman–Crippen MR) is 99.8 cm³/mol. The molecule has 9 heteroatoms. The number of hydrogen-bond donors (Lipinski definition) is 3. The van der Waals surface area contributed by atoms with Gasteiger partial charge < -0.3 is 20.4 Å². The summed E-state index contributed by atoms with van der Waals surface area (Å²) in [6.07, 6.45) is 2.89. The lowest BCUT2D eigenvalue weighted by Gasteiger charge is -2.18. The average Bonchev–Trinajstić information content (AvgIpc) is 2.72. The monoisotopic (exact) mass is 377 g/mol. The molecule has 3 aromatic rings. The van der Waals surface area contributed by atoms with Crippen LogP contribution in [0.2, 0.25) is 0 Å². The number of ether oxygens (including phenoxy) is 1. The first-order valence-electron chi connectivity index (χ1n) is 8.44. The van der Waals surface area contributed by atoms with E-state index in [2.05, 4.69) is 25.6 Å². The van der Waals surface area contributed by atoms with E-state index in [1.54, 1.807) is 42.6 Å². The number of amides is 2. The van der Waals surface area contributed by atoms with Crippen molar-refractivity contribution in [2.45, 2.75) is 6.54 Å². The molecule has 0 atom stereocenters. The normalized spacial score (nSPS) is 12.5. The van der Waals surface area contributed by atoms with Gasteiger partial charge in [-0.15, -0.1) is 0 Å². The smallest absolute Gasteiger partial charge is 0.287 e. The van der Waals surface area contributed by atoms with Gasteiger partial charge in [0.15, 0.2) is 12.4 Å². The maximum Gasteiger partial charge on any atom is 0.287 e. The SMILES string of the molecule is O=C1COc2ccc(CNC(=O)c3ncc(-c4ccccn4)c(=O)[nH]3)cc2N1. The number of anilines is 1. The molecule has 0 saturated carbocycles. The van der Waals surface area contributed by atoms with E-state index in [1.165, 1.54) is 6.20 Å². The second-order valence-electron chi connectivity index (χ2n) is 6.04. The molecule has 1 aliphatic rings. The van der Waals surface area contributed by atoms with Crippen LogP contribution in [-0.4, -0.2) is 33.4 Å². The van der Waals surface area contributed by atoms with Gasteiger partial charge in [0, 0.05) is 18.9 Å². The summed E-state index contributed by atoms with van der Waals surface area (Å²) in [6.45, 7) is 0.171. The van der Waals surface area contributed by atoms with Crippen molar-refractivity contribution in [2.24, 2.45) is 0 Å². The molecule has 2 aromatic heterocycles. The Balaban J connectivity index is 1.46. The van der Waals surface area contributed by atoms with E-state index in [1.807, 2.05) is 0 Å². The molecule has 3 heterocycles. The highest BCUT2D eigenvalue weighted by molar-refractivity contribution is 5.95. The van der Waals surface area contributed by atoms with E-state index in [-0.39, 0.29) is 30.4 Å². The van der Waals surface area contributed by atoms with Crippen molar-refractivity contribution in [1.82, 2.24) is 20.3 Å². The first-order chi connectivity index (χ1) is 13.6. The predicted octanol–water partition coefficient (Wildman–Crippen LogP) is 1.09. The molecule has 0 bridgehead atoms. The molecule has 0 fully saturated rings. The molecule has 0 spiro atoms. The standard InChI is InChI=1S/C19H15N5O4/c25-16-10-28-15-5-4-11(7-14(15)23-16)8-22-19(27)17-21-9-12(18(26)24-17)13-3-1-2-6-20-13/h1-7,9H,8,10H2,(H,22,27)(H,23,25)(H,21,24,26). The van der Waals surface area contributed by atoms with Gasteiger partial charge in [0.1, 0.15) is 5.75 Å². The third-order valence-corrected chi connectivity index (χ3v) is 4.09. The molecule has 0 radical (unpaired) electrons. The van der Waals surface area contributed by atoms with Crippen molar-refractivity contribution < 1.29 is 14.3 Å². The van der Waals surface area contributed by atoms with E-state index in [9.17, 15) is 14.4 Å². The van der Waals surface area contributed by atoms with Crippen LogP contribution in [0.1, 0.15) is 16.2 Å². The Bertz CT molecular complexity index is 1110. The minimum Gasteiger partial charge on any atom is -0.482 e. The van der Waals surface area contributed by atoms with Gasteiger partial charge in [0.25, 0.3) is 17.4 Å². The Morgan fingerprint density at radius 3 is 2.86 bits per heavy atom. The van der Waals surface area contributed by atoms with Crippen molar-refractivity contribution in [3.63, 3.8) is 0 Å². The van der Waals surface area contributed by atoms with E-state index in [0.29, 0.717) is 17.1 Å². The number of pyridine rings is 1. The van der Waals surface area contributed by atoms with Crippen LogP contribution in [0.3, 0.4) is 0 Å². The molecule has 2 amide bonds. The van der Waals surface area contributed by atoms with E-state index in [0.717, 1.165) is 5.56 Å². The molecule has 9 nitrogen and oxygen atoms in total. The zero-order valence-electron chi connectivity index (χ0n) is 14.6. The average molecular weight is 377 g/mol. The lowest BCUT2D eigenvalue weighted by molar-refractivity contribution is -0.118. The Morgan fingerprint density at radius 1 is 1.18 bits per heavy atom. The summed E-state index contributed by atoms with van der Waals surface area (Å²) in [5, 5.41) is 5.39. The Morgan fingerprint density at radius 2 is 2.07 bits per heavy atom. The molecule has 0 unspecified atom stereocenters. The highest BCUT2D eigenvalue weighted by Gasteiger charge is 2.16. The summed E-state index contributed by atoms with van der Waals surface area (Å²) >= 11 is 0. The summed E-state index contributed by atoms with van der Waals surface area (Å²) in [7, 11) is 0. The van der Waals surface area contributed by atoms with Crippen molar-refractivity contribution in [3.05, 3.63) is 70.5 Å². The molecule has 1 aliphatic heterocycles. The lowest BCUT2D eigenvalue weighted by atomic mass is 10.1. The van der Waals surface area contributed by atoms with Gasteiger partial charge >= 0.3 is 0 Å². The molecule has 4 rings (SSSR count). The second-order valence-corrected chi connectivity index (χ2v) is 6.04. The third kappa shape index (κ3) is 3.58. The Hall–Kier alpha value is -4.01. The van der Waals surface area contributed by atoms with Gasteiger partial charge in [-0.25, -0.2) is 4.98 Å². The highest BCUT2D eigenvalue weighted by atomic mass is 16.5. The number of carbonyl (C=O) groups is 2. The number of aromatic amines is 1. The summed E-state index contributed by atoms with van der Waals surface area (Å²) in [4.78, 5) is 46.5. The van der Waals surface area contributed by atoms with E-state index < -0.39 is 11.5 Å². The van der Waals surface area contributed by atoms with Crippen molar-refractivity contribution in [3.8, 4) is 17.0 Å². The largest absolute Gasteiger partial charge is 0.482 e. The number of carbonyl (C=O) groups excluding carboxylic acids is 2. The van der Waals surface area contributed by atoms with Crippen LogP contribution in [0, 0.1) is 0 Å². The van der Waals surface area contributed by atoms with Crippen molar-refractivity contribution in [2.75, 3.05) is 11.9 Å². The first-order valence-corrected chi connectivity index (χ1v) is 8.44. The maximum atomic E-state index is 12.3. The second kappa shape index (κ2) is 7.31. The van der Waals surface area contributed by atoms with Crippen LogP contribution < -0.4 is 20.9 Å². The fraction of sp³-hybridized carbons (Fsp3) is 0.105. The molecule has 0 saturated heterocycles. The number of rotatable bonds is 4. The topological polar surface area (TPSA) is 126 Å². The molecule has 3 N–H and O–H groups in total. The maximum absolute atomic E-state index is 12.3. The number of fused-ring (bicyclic) bond motifs is 1. The zero-order chi connectivity index (χ0) is 19.5. The number of nitrogens with one attached hydrogen (secondary N) is 3. The zero-order valence-corrected chi connectivity index (χ0v) is 14.6. The van der Waals surface area contributed by atoms with Crippen LogP contribution in [-0.2, 0) is 11.3 Å². The summed E-state index contributed by atoms with van der Waals surface area (Å²) in [5.41, 5.74) is 1.61. The molecule has 1 aromatic carbocycles. The Labute approximate surface area is 158 Å². The summed E-state index contributed by atoms with van der Waals surface area (Å²) in [5.74, 6) is -0.281. The van der Waals surface area contributed by atoms with E-state index in [4.69, 9.17) is 4.74 Å². The Kier molecular flexibility index (Phi) is 4.55. The fourth-order valence-electron chi connectivity index (χ4n) is 2.72. The minimum atomic E-state index is -0.525. The van der Waals surface area contributed by atoms with Crippen LogP contribution >= 0.6 is 0 Å². The molecular formula is C19H15N5O4. The summed E-state index contributed by atoms with van der Waals surface area (Å²) < 4.78 is 5.29. The molecular weight excluding hydrogens is 362 g/mol. The van der Waals surface area contributed by atoms with Crippen LogP contribution in [0.5, 0.6) is 5.75 Å². The third-order valence-electron chi connectivity index (χ3n) is 4.09. The van der Waals surface area contributed by atoms with Gasteiger partial charge in [-0.3, -0.25) is 19.4 Å². The number of hydrogen-bond acceptors (Lipinski definition) is 6.